The number of allylic oxidation sites excluding steroid dienone is 12. The minimum absolute atomic E-state index is 0.157. The van der Waals surface area contributed by atoms with E-state index < -0.39 is 0 Å². The molecule has 0 aliphatic heterocycles. The van der Waals surface area contributed by atoms with Gasteiger partial charge in [-0.2, -0.15) is 0 Å². The minimum atomic E-state index is 0.157. The molecule has 0 fully saturated rings. The molecule has 0 N–H and O–H groups in total. The summed E-state index contributed by atoms with van der Waals surface area (Å²) < 4.78 is 0. The van der Waals surface area contributed by atoms with E-state index in [9.17, 15) is 0 Å². The third kappa shape index (κ3) is 12.9. The molecule has 4 heteroatoms. The molecule has 0 saturated carbocycles. The summed E-state index contributed by atoms with van der Waals surface area (Å²) in [5, 5.41) is 0. The normalized spacial score (nSPS) is 15.7. The lowest BCUT2D eigenvalue weighted by Gasteiger charge is -2.33. The predicted molar refractivity (Wildman–Crippen MR) is 399 cm³/mol. The summed E-state index contributed by atoms with van der Waals surface area (Å²) in [6, 6.07) is 106. The van der Waals surface area contributed by atoms with E-state index >= 15 is 0 Å². The molecule has 2 atom stereocenters. The summed E-state index contributed by atoms with van der Waals surface area (Å²) in [4.78, 5) is 9.58. The zero-order chi connectivity index (χ0) is 62.8. The van der Waals surface area contributed by atoms with Crippen molar-refractivity contribution in [3.05, 3.63) is 392 Å². The molecule has 0 saturated heterocycles. The summed E-state index contributed by atoms with van der Waals surface area (Å²) in [5.74, 6) is 0.286. The van der Waals surface area contributed by atoms with Gasteiger partial charge in [0, 0.05) is 68.5 Å². The van der Waals surface area contributed by atoms with Crippen LogP contribution in [0.4, 0.5) is 51.2 Å². The highest BCUT2D eigenvalue weighted by molar-refractivity contribution is 5.83. The SMILES string of the molecule is C1=CCCC(c2ccc(N(C3=CCC(c4ccc(N(c5ccccc5)C5C=CC(c6ccc(-c7ccc(N(c8ccccc8)c8ccc(-c9ccc(N(C%10=CCCC=C%10)c%10ccc(-c%11ccccc%11)cc%10)cc9)cc8)cc7)cc6)=CC5)cc4)C=C3)c3ccccc3)cc2)=C1. The molecule has 0 heterocycles. The number of anilines is 9. The van der Waals surface area contributed by atoms with Crippen molar-refractivity contribution < 1.29 is 0 Å². The molecule has 0 aromatic heterocycles. The van der Waals surface area contributed by atoms with Gasteiger partial charge in [-0.15, -0.1) is 0 Å². The van der Waals surface area contributed by atoms with Crippen LogP contribution in [0.15, 0.2) is 375 Å². The average Bonchev–Trinajstić information content (AvgIpc) is 1.03. The van der Waals surface area contributed by atoms with Crippen LogP contribution in [0.1, 0.15) is 61.1 Å². The summed E-state index contributed by atoms with van der Waals surface area (Å²) >= 11 is 0. The lowest BCUT2D eigenvalue weighted by molar-refractivity contribution is 0.785. The van der Waals surface area contributed by atoms with Crippen molar-refractivity contribution in [3.63, 3.8) is 0 Å². The Bertz CT molecular complexity index is 4640. The van der Waals surface area contributed by atoms with Crippen LogP contribution < -0.4 is 19.6 Å². The molecule has 11 aromatic carbocycles. The van der Waals surface area contributed by atoms with Gasteiger partial charge in [0.15, 0.2) is 0 Å². The monoisotopic (exact) mass is 1210 g/mol. The first-order valence-electron chi connectivity index (χ1n) is 33.2. The van der Waals surface area contributed by atoms with Gasteiger partial charge in [0.2, 0.25) is 0 Å². The standard InChI is InChI=1S/C90H74N4/c1-7-19-67(20-8-1)71-35-51-83(52-36-71)91(79-23-11-3-12-24-79)87-59-43-75(44-60-87)77-47-63-89(64-48-77)93(81-27-15-5-16-28-81)85-55-39-73(40-56-85)69-31-33-70(34-32-69)74-41-57-86(58-42-74)94(82-29-17-6-18-30-82)90-65-49-78(50-66-90)76-45-61-88(62-46-76)92(80-25-13-4-14-26-80)84-53-37-72(38-54-84)68-21-9-2-10-22-68/h1-3,5-7,9-13,15-19,21-43,45-55,57-66,75,85H,4,8,14,20,44,56H2. The molecule has 11 aromatic rings. The lowest BCUT2D eigenvalue weighted by Crippen LogP contribution is -2.30. The number of benzene rings is 11. The first kappa shape index (κ1) is 58.9. The summed E-state index contributed by atoms with van der Waals surface area (Å²) in [6.07, 6.45) is 33.9. The molecule has 0 bridgehead atoms. The highest BCUT2D eigenvalue weighted by Crippen LogP contribution is 2.42. The molecule has 0 radical (unpaired) electrons. The fourth-order valence-electron chi connectivity index (χ4n) is 13.7. The molecule has 4 aliphatic carbocycles. The fourth-order valence-corrected chi connectivity index (χ4v) is 13.7. The Labute approximate surface area is 554 Å². The molecular formula is C90H74N4. The number of para-hydroxylation sites is 3. The Hall–Kier alpha value is -11.5. The Morgan fingerprint density at radius 2 is 0.691 bits per heavy atom. The van der Waals surface area contributed by atoms with Crippen molar-refractivity contribution >= 4 is 62.3 Å². The van der Waals surface area contributed by atoms with E-state index in [-0.39, 0.29) is 12.0 Å². The van der Waals surface area contributed by atoms with Gasteiger partial charge in [0.05, 0.1) is 6.04 Å². The van der Waals surface area contributed by atoms with Gasteiger partial charge in [0.25, 0.3) is 0 Å². The van der Waals surface area contributed by atoms with Crippen LogP contribution in [0, 0.1) is 0 Å². The number of hydrogen-bond acceptors (Lipinski definition) is 4. The summed E-state index contributed by atoms with van der Waals surface area (Å²) in [6.45, 7) is 0. The van der Waals surface area contributed by atoms with E-state index in [1.807, 2.05) is 0 Å². The summed E-state index contributed by atoms with van der Waals surface area (Å²) in [5.41, 5.74) is 26.3. The van der Waals surface area contributed by atoms with Crippen molar-refractivity contribution in [1.82, 2.24) is 0 Å². The van der Waals surface area contributed by atoms with E-state index in [1.165, 1.54) is 84.0 Å². The molecule has 454 valence electrons. The molecule has 4 aliphatic rings. The van der Waals surface area contributed by atoms with E-state index in [2.05, 4.69) is 384 Å². The summed E-state index contributed by atoms with van der Waals surface area (Å²) in [7, 11) is 0. The molecule has 94 heavy (non-hydrogen) atoms. The van der Waals surface area contributed by atoms with E-state index in [0.717, 1.165) is 78.3 Å². The maximum Gasteiger partial charge on any atom is 0.0560 e. The lowest BCUT2D eigenvalue weighted by atomic mass is 9.90. The first-order chi connectivity index (χ1) is 46.6. The van der Waals surface area contributed by atoms with Crippen LogP contribution in [0.2, 0.25) is 0 Å². The first-order valence-corrected chi connectivity index (χ1v) is 33.2. The van der Waals surface area contributed by atoms with Crippen LogP contribution in [0.5, 0.6) is 0 Å². The van der Waals surface area contributed by atoms with Gasteiger partial charge in [-0.25, -0.2) is 0 Å². The van der Waals surface area contributed by atoms with Crippen LogP contribution in [0.25, 0.3) is 44.5 Å². The predicted octanol–water partition coefficient (Wildman–Crippen LogP) is 24.6. The highest BCUT2D eigenvalue weighted by atomic mass is 15.2. The smallest absolute Gasteiger partial charge is 0.0560 e. The second-order valence-corrected chi connectivity index (χ2v) is 24.6. The Morgan fingerprint density at radius 3 is 1.15 bits per heavy atom. The van der Waals surface area contributed by atoms with Crippen molar-refractivity contribution in [3.8, 4) is 33.4 Å². The maximum absolute atomic E-state index is 2.49. The molecule has 2 unspecified atom stereocenters. The van der Waals surface area contributed by atoms with E-state index in [0.29, 0.717) is 0 Å². The zero-order valence-electron chi connectivity index (χ0n) is 52.8. The van der Waals surface area contributed by atoms with Crippen molar-refractivity contribution in [1.29, 1.82) is 0 Å². The molecular weight excluding hydrogens is 1140 g/mol. The Kier molecular flexibility index (Phi) is 17.3. The molecule has 15 rings (SSSR count). The average molecular weight is 1210 g/mol. The number of hydrogen-bond donors (Lipinski definition) is 0. The van der Waals surface area contributed by atoms with Gasteiger partial charge in [0.1, 0.15) is 0 Å². The number of nitrogens with zero attached hydrogens (tertiary/aromatic N) is 4. The van der Waals surface area contributed by atoms with Crippen molar-refractivity contribution in [2.45, 2.75) is 50.5 Å². The van der Waals surface area contributed by atoms with Gasteiger partial charge in [-0.3, -0.25) is 0 Å². The minimum Gasteiger partial charge on any atom is -0.334 e. The van der Waals surface area contributed by atoms with Crippen molar-refractivity contribution in [2.75, 3.05) is 19.6 Å². The van der Waals surface area contributed by atoms with Gasteiger partial charge < -0.3 is 19.6 Å². The Morgan fingerprint density at radius 1 is 0.277 bits per heavy atom. The van der Waals surface area contributed by atoms with Gasteiger partial charge in [-0.1, -0.05) is 243 Å². The van der Waals surface area contributed by atoms with Crippen LogP contribution >= 0.6 is 0 Å². The van der Waals surface area contributed by atoms with Crippen LogP contribution in [0.3, 0.4) is 0 Å². The molecule has 0 spiro atoms. The van der Waals surface area contributed by atoms with E-state index in [1.54, 1.807) is 0 Å². The molecule has 4 nitrogen and oxygen atoms in total. The fraction of sp³-hybridized carbons (Fsp3) is 0.0889. The van der Waals surface area contributed by atoms with E-state index in [4.69, 9.17) is 0 Å². The quantitative estimate of drug-likeness (QED) is 0.0849. The topological polar surface area (TPSA) is 13.0 Å². The van der Waals surface area contributed by atoms with Crippen LogP contribution in [-0.4, -0.2) is 6.04 Å². The maximum atomic E-state index is 2.49. The second-order valence-electron chi connectivity index (χ2n) is 24.6. The van der Waals surface area contributed by atoms with Gasteiger partial charge in [-0.05, 0) is 221 Å². The Balaban J connectivity index is 0.606. The highest BCUT2D eigenvalue weighted by Gasteiger charge is 2.24. The number of rotatable bonds is 18. The largest absolute Gasteiger partial charge is 0.334 e. The van der Waals surface area contributed by atoms with Crippen molar-refractivity contribution in [2.24, 2.45) is 0 Å². The van der Waals surface area contributed by atoms with Crippen LogP contribution in [-0.2, 0) is 0 Å². The zero-order valence-corrected chi connectivity index (χ0v) is 52.8. The van der Waals surface area contributed by atoms with Gasteiger partial charge >= 0.3 is 0 Å². The molecule has 0 amide bonds. The third-order valence-electron chi connectivity index (χ3n) is 18.6. The second kappa shape index (κ2) is 27.6. The third-order valence-corrected chi connectivity index (χ3v) is 18.6.